The number of carbonyl (C=O) groups is 1. The molecule has 1 aromatic carbocycles. The molecule has 0 saturated carbocycles. The zero-order valence-electron chi connectivity index (χ0n) is 17.0. The van der Waals surface area contributed by atoms with E-state index in [1.54, 1.807) is 28.7 Å². The molecule has 8 heteroatoms. The molecule has 0 fully saturated rings. The van der Waals surface area contributed by atoms with E-state index in [0.717, 1.165) is 25.8 Å². The molecule has 0 spiro atoms. The van der Waals surface area contributed by atoms with Crippen LogP contribution < -0.4 is 10.9 Å². The number of aryl methyl sites for hydroxylation is 1. The molecular weight excluding hydrogens is 416 g/mol. The molecule has 0 unspecified atom stereocenters. The number of thiazole rings is 1. The first kappa shape index (κ1) is 20.4. The van der Waals surface area contributed by atoms with E-state index in [1.165, 1.54) is 10.7 Å². The van der Waals surface area contributed by atoms with Crippen molar-refractivity contribution in [2.75, 3.05) is 0 Å². The van der Waals surface area contributed by atoms with Gasteiger partial charge in [-0.1, -0.05) is 19.9 Å². The summed E-state index contributed by atoms with van der Waals surface area (Å²) in [5, 5.41) is 10.5. The highest BCUT2D eigenvalue weighted by atomic mass is 32.1. The second-order valence-electron chi connectivity index (χ2n) is 7.46. The van der Waals surface area contributed by atoms with Gasteiger partial charge in [0.15, 0.2) is 0 Å². The topological polar surface area (TPSA) is 76.9 Å². The SMILES string of the molecule is Cc1nc2cc(C(=O)N[C@H](Cn3nc(-c4cccs4)ccc3=O)C(C)C)ccc2s1. The number of hydrogen-bond donors (Lipinski definition) is 1. The summed E-state index contributed by atoms with van der Waals surface area (Å²) in [5.41, 5.74) is 1.95. The largest absolute Gasteiger partial charge is 0.347 e. The average molecular weight is 439 g/mol. The first-order chi connectivity index (χ1) is 14.4. The standard InChI is InChI=1S/C22H22N4O2S2/c1-13(2)18(12-26-21(27)9-7-16(25-26)19-5-4-10-29-19)24-22(28)15-6-8-20-17(11-15)23-14(3)30-20/h4-11,13,18H,12H2,1-3H3,(H,24,28)/t18-/m1/s1. The molecule has 0 aliphatic carbocycles. The van der Waals surface area contributed by atoms with Crippen molar-refractivity contribution in [2.45, 2.75) is 33.4 Å². The Morgan fingerprint density at radius 2 is 2.03 bits per heavy atom. The van der Waals surface area contributed by atoms with Gasteiger partial charge in [-0.25, -0.2) is 9.67 Å². The number of fused-ring (bicyclic) bond motifs is 1. The van der Waals surface area contributed by atoms with E-state index < -0.39 is 0 Å². The van der Waals surface area contributed by atoms with Gasteiger partial charge in [0.25, 0.3) is 11.5 Å². The lowest BCUT2D eigenvalue weighted by atomic mass is 10.0. The molecule has 0 bridgehead atoms. The maximum atomic E-state index is 12.9. The summed E-state index contributed by atoms with van der Waals surface area (Å²) in [6.45, 7) is 6.30. The lowest BCUT2D eigenvalue weighted by Crippen LogP contribution is -2.44. The highest BCUT2D eigenvalue weighted by Gasteiger charge is 2.20. The summed E-state index contributed by atoms with van der Waals surface area (Å²) in [5.74, 6) is -0.0537. The molecule has 4 aromatic rings. The summed E-state index contributed by atoms with van der Waals surface area (Å²) < 4.78 is 2.50. The molecule has 1 atom stereocenters. The predicted octanol–water partition coefficient (Wildman–Crippen LogP) is 4.34. The van der Waals surface area contributed by atoms with Gasteiger partial charge < -0.3 is 5.32 Å². The molecule has 30 heavy (non-hydrogen) atoms. The molecule has 3 heterocycles. The summed E-state index contributed by atoms with van der Waals surface area (Å²) in [4.78, 5) is 30.8. The third-order valence-corrected chi connectivity index (χ3v) is 6.73. The molecule has 0 aliphatic rings. The first-order valence-corrected chi connectivity index (χ1v) is 11.4. The number of amides is 1. The van der Waals surface area contributed by atoms with Gasteiger partial charge >= 0.3 is 0 Å². The minimum atomic E-state index is -0.242. The zero-order chi connectivity index (χ0) is 21.3. The number of nitrogens with zero attached hydrogens (tertiary/aromatic N) is 3. The van der Waals surface area contributed by atoms with Crippen LogP contribution in [0, 0.1) is 12.8 Å². The third-order valence-electron chi connectivity index (χ3n) is 4.89. The van der Waals surface area contributed by atoms with E-state index in [4.69, 9.17) is 0 Å². The van der Waals surface area contributed by atoms with Gasteiger partial charge in [0.2, 0.25) is 0 Å². The first-order valence-electron chi connectivity index (χ1n) is 9.71. The fourth-order valence-corrected chi connectivity index (χ4v) is 4.68. The van der Waals surface area contributed by atoms with Crippen LogP contribution >= 0.6 is 22.7 Å². The maximum Gasteiger partial charge on any atom is 0.266 e. The van der Waals surface area contributed by atoms with Crippen molar-refractivity contribution in [1.29, 1.82) is 0 Å². The van der Waals surface area contributed by atoms with E-state index in [0.29, 0.717) is 12.1 Å². The molecule has 4 rings (SSSR count). The van der Waals surface area contributed by atoms with Gasteiger partial charge in [-0.3, -0.25) is 9.59 Å². The number of benzene rings is 1. The van der Waals surface area contributed by atoms with Crippen LogP contribution in [0.5, 0.6) is 0 Å². The second kappa shape index (κ2) is 8.49. The van der Waals surface area contributed by atoms with Crippen LogP contribution in [0.25, 0.3) is 20.8 Å². The van der Waals surface area contributed by atoms with E-state index >= 15 is 0 Å². The maximum absolute atomic E-state index is 12.9. The van der Waals surface area contributed by atoms with Crippen LogP contribution in [0.4, 0.5) is 0 Å². The van der Waals surface area contributed by atoms with E-state index in [1.807, 2.05) is 56.5 Å². The average Bonchev–Trinajstić information content (AvgIpc) is 3.37. The van der Waals surface area contributed by atoms with Crippen LogP contribution in [-0.4, -0.2) is 26.7 Å². The van der Waals surface area contributed by atoms with Crippen LogP contribution in [0.1, 0.15) is 29.2 Å². The summed E-state index contributed by atoms with van der Waals surface area (Å²) >= 11 is 3.18. The highest BCUT2D eigenvalue weighted by molar-refractivity contribution is 7.18. The van der Waals surface area contributed by atoms with Gasteiger partial charge in [-0.2, -0.15) is 5.10 Å². The second-order valence-corrected chi connectivity index (χ2v) is 9.64. The molecule has 0 aliphatic heterocycles. The zero-order valence-corrected chi connectivity index (χ0v) is 18.6. The minimum Gasteiger partial charge on any atom is -0.347 e. The Bertz CT molecular complexity index is 1240. The molecule has 154 valence electrons. The van der Waals surface area contributed by atoms with Gasteiger partial charge in [0.05, 0.1) is 32.7 Å². The minimum absolute atomic E-state index is 0.123. The van der Waals surface area contributed by atoms with Crippen LogP contribution in [0.2, 0.25) is 0 Å². The van der Waals surface area contributed by atoms with E-state index in [-0.39, 0.29) is 23.4 Å². The smallest absolute Gasteiger partial charge is 0.266 e. The molecule has 0 saturated heterocycles. The monoisotopic (exact) mass is 438 g/mol. The molecule has 1 amide bonds. The quantitative estimate of drug-likeness (QED) is 0.486. The lowest BCUT2D eigenvalue weighted by molar-refractivity contribution is 0.0919. The van der Waals surface area contributed by atoms with Gasteiger partial charge in [-0.05, 0) is 48.6 Å². The Hall–Kier alpha value is -2.84. The summed E-state index contributed by atoms with van der Waals surface area (Å²) in [6, 6.07) is 12.5. The Labute approximate surface area is 182 Å². The van der Waals surface area contributed by atoms with Crippen molar-refractivity contribution >= 4 is 38.8 Å². The fraction of sp³-hybridized carbons (Fsp3) is 0.273. The van der Waals surface area contributed by atoms with E-state index in [2.05, 4.69) is 15.4 Å². The van der Waals surface area contributed by atoms with Gasteiger partial charge in [0.1, 0.15) is 5.69 Å². The number of thiophene rings is 1. The Morgan fingerprint density at radius 1 is 1.20 bits per heavy atom. The van der Waals surface area contributed by atoms with Crippen molar-refractivity contribution in [3.8, 4) is 10.6 Å². The molecule has 1 N–H and O–H groups in total. The Balaban J connectivity index is 1.56. The molecular formula is C22H22N4O2S2. The molecule has 6 nitrogen and oxygen atoms in total. The van der Waals surface area contributed by atoms with Crippen molar-refractivity contribution in [2.24, 2.45) is 5.92 Å². The number of carbonyl (C=O) groups excluding carboxylic acids is 1. The summed E-state index contributed by atoms with van der Waals surface area (Å²) in [6.07, 6.45) is 0. The highest BCUT2D eigenvalue weighted by Crippen LogP contribution is 2.23. The number of hydrogen-bond acceptors (Lipinski definition) is 6. The van der Waals surface area contributed by atoms with Crippen LogP contribution in [0.15, 0.2) is 52.6 Å². The molecule has 3 aromatic heterocycles. The van der Waals surface area contributed by atoms with Gasteiger partial charge in [0, 0.05) is 11.6 Å². The summed E-state index contributed by atoms with van der Waals surface area (Å²) in [7, 11) is 0. The van der Waals surface area contributed by atoms with Crippen molar-refractivity contribution in [3.05, 3.63) is 68.8 Å². The molecule has 0 radical (unpaired) electrons. The number of nitrogens with one attached hydrogen (secondary N) is 1. The van der Waals surface area contributed by atoms with Crippen molar-refractivity contribution < 1.29 is 4.79 Å². The van der Waals surface area contributed by atoms with Crippen molar-refractivity contribution in [1.82, 2.24) is 20.1 Å². The normalized spacial score (nSPS) is 12.4. The van der Waals surface area contributed by atoms with Crippen molar-refractivity contribution in [3.63, 3.8) is 0 Å². The predicted molar refractivity (Wildman–Crippen MR) is 122 cm³/mol. The number of aromatic nitrogens is 3. The van der Waals surface area contributed by atoms with Crippen LogP contribution in [-0.2, 0) is 6.54 Å². The van der Waals surface area contributed by atoms with E-state index in [9.17, 15) is 9.59 Å². The third kappa shape index (κ3) is 4.34. The fourth-order valence-electron chi connectivity index (χ4n) is 3.18. The van der Waals surface area contributed by atoms with Crippen LogP contribution in [0.3, 0.4) is 0 Å². The Morgan fingerprint density at radius 3 is 2.77 bits per heavy atom. The van der Waals surface area contributed by atoms with Gasteiger partial charge in [-0.15, -0.1) is 22.7 Å². The number of rotatable bonds is 6. The lowest BCUT2D eigenvalue weighted by Gasteiger charge is -2.23. The Kier molecular flexibility index (Phi) is 5.78.